The molecule has 0 bridgehead atoms. The van der Waals surface area contributed by atoms with Crippen molar-refractivity contribution in [2.75, 3.05) is 10.0 Å². The number of thiophene rings is 1. The van der Waals surface area contributed by atoms with Gasteiger partial charge in [-0.05, 0) is 49.6 Å². The predicted octanol–water partition coefficient (Wildman–Crippen LogP) is 4.91. The van der Waals surface area contributed by atoms with E-state index in [1.807, 2.05) is 92.0 Å². The van der Waals surface area contributed by atoms with Crippen LogP contribution in [0, 0.1) is 11.8 Å². The van der Waals surface area contributed by atoms with Crippen LogP contribution in [-0.2, 0) is 9.59 Å². The first-order valence-corrected chi connectivity index (χ1v) is 11.4. The van der Waals surface area contributed by atoms with E-state index >= 15 is 0 Å². The molecule has 0 saturated carbocycles. The molecule has 5 rings (SSSR count). The highest BCUT2D eigenvalue weighted by Crippen LogP contribution is 2.43. The molecule has 6 nitrogen and oxygen atoms in total. The van der Waals surface area contributed by atoms with Gasteiger partial charge < -0.3 is 0 Å². The second kappa shape index (κ2) is 8.16. The molecule has 3 heterocycles. The number of hydrazone groups is 2. The molecule has 2 aliphatic heterocycles. The molecular weight excluding hydrogens is 420 g/mol. The Morgan fingerprint density at radius 1 is 0.719 bits per heavy atom. The molecule has 1 unspecified atom stereocenters. The zero-order chi connectivity index (χ0) is 22.2. The average molecular weight is 443 g/mol. The molecule has 1 aromatic heterocycles. The van der Waals surface area contributed by atoms with Gasteiger partial charge in [-0.15, -0.1) is 11.3 Å². The minimum atomic E-state index is -0.538. The number of hydrogen-bond acceptors (Lipinski definition) is 5. The smallest absolute Gasteiger partial charge is 0.256 e. The van der Waals surface area contributed by atoms with E-state index in [0.717, 1.165) is 16.3 Å². The first kappa shape index (κ1) is 20.3. The highest BCUT2D eigenvalue weighted by molar-refractivity contribution is 7.10. The molecule has 0 N–H and O–H groups in total. The van der Waals surface area contributed by atoms with Crippen LogP contribution in [0.3, 0.4) is 0 Å². The van der Waals surface area contributed by atoms with E-state index in [1.165, 1.54) is 10.0 Å². The van der Waals surface area contributed by atoms with Crippen LogP contribution in [0.25, 0.3) is 0 Å². The summed E-state index contributed by atoms with van der Waals surface area (Å²) in [7, 11) is 0. The van der Waals surface area contributed by atoms with Crippen molar-refractivity contribution in [2.24, 2.45) is 22.0 Å². The maximum absolute atomic E-state index is 13.6. The lowest BCUT2D eigenvalue weighted by atomic mass is 9.76. The van der Waals surface area contributed by atoms with Crippen LogP contribution >= 0.6 is 11.3 Å². The minimum absolute atomic E-state index is 0.120. The largest absolute Gasteiger partial charge is 0.272 e. The Bertz CT molecular complexity index is 1130. The first-order valence-electron chi connectivity index (χ1n) is 10.5. The van der Waals surface area contributed by atoms with E-state index in [-0.39, 0.29) is 17.7 Å². The standard InChI is InChI=1S/C25H22N4O2S/c1-16-21(24(30)28(26-16)18-10-5-3-6-11-18)23(20-14-9-15-32-20)22-17(2)27-29(25(22)31)19-12-7-4-8-13-19/h3-15,21-23H,1-2H3/t21-,22+,23?. The van der Waals surface area contributed by atoms with Crippen molar-refractivity contribution in [3.8, 4) is 0 Å². The predicted molar refractivity (Wildman–Crippen MR) is 128 cm³/mol. The van der Waals surface area contributed by atoms with Crippen molar-refractivity contribution in [1.82, 2.24) is 0 Å². The Morgan fingerprint density at radius 2 is 1.19 bits per heavy atom. The van der Waals surface area contributed by atoms with E-state index in [2.05, 4.69) is 10.2 Å². The Labute approximate surface area is 190 Å². The van der Waals surface area contributed by atoms with E-state index in [9.17, 15) is 9.59 Å². The maximum Gasteiger partial charge on any atom is 0.256 e. The third-order valence-corrected chi connectivity index (χ3v) is 6.93. The summed E-state index contributed by atoms with van der Waals surface area (Å²) in [5.74, 6) is -1.69. The van der Waals surface area contributed by atoms with Gasteiger partial charge in [-0.1, -0.05) is 42.5 Å². The van der Waals surface area contributed by atoms with Gasteiger partial charge in [-0.3, -0.25) is 9.59 Å². The van der Waals surface area contributed by atoms with Crippen molar-refractivity contribution in [1.29, 1.82) is 0 Å². The minimum Gasteiger partial charge on any atom is -0.272 e. The third kappa shape index (κ3) is 3.35. The summed E-state index contributed by atoms with van der Waals surface area (Å²) in [5, 5.41) is 14.1. The monoisotopic (exact) mass is 442 g/mol. The molecule has 0 aliphatic carbocycles. The number of benzene rings is 2. The number of nitrogens with zero attached hydrogens (tertiary/aromatic N) is 4. The normalized spacial score (nSPS) is 21.7. The van der Waals surface area contributed by atoms with Gasteiger partial charge in [0.1, 0.15) is 0 Å². The Hall–Kier alpha value is -3.58. The van der Waals surface area contributed by atoms with Gasteiger partial charge in [0.25, 0.3) is 11.8 Å². The fourth-order valence-electron chi connectivity index (χ4n) is 4.50. The quantitative estimate of drug-likeness (QED) is 0.564. The van der Waals surface area contributed by atoms with Crippen LogP contribution in [0.4, 0.5) is 11.4 Å². The second-order valence-electron chi connectivity index (χ2n) is 7.95. The van der Waals surface area contributed by atoms with Crippen LogP contribution in [0.1, 0.15) is 24.6 Å². The van der Waals surface area contributed by atoms with Crippen LogP contribution < -0.4 is 10.0 Å². The van der Waals surface area contributed by atoms with E-state index in [0.29, 0.717) is 11.4 Å². The Balaban J connectivity index is 1.54. The van der Waals surface area contributed by atoms with Gasteiger partial charge in [0.2, 0.25) is 0 Å². The number of hydrogen-bond donors (Lipinski definition) is 0. The number of rotatable bonds is 5. The molecule has 7 heteroatoms. The molecule has 2 aromatic carbocycles. The first-order chi connectivity index (χ1) is 15.6. The number of carbonyl (C=O) groups excluding carboxylic acids is 2. The molecule has 3 atom stereocenters. The molecule has 32 heavy (non-hydrogen) atoms. The lowest BCUT2D eigenvalue weighted by Crippen LogP contribution is -2.39. The van der Waals surface area contributed by atoms with Gasteiger partial charge in [-0.25, -0.2) is 10.0 Å². The summed E-state index contributed by atoms with van der Waals surface area (Å²) in [5.41, 5.74) is 2.85. The maximum atomic E-state index is 13.6. The van der Waals surface area contributed by atoms with E-state index in [4.69, 9.17) is 0 Å². The van der Waals surface area contributed by atoms with Crippen LogP contribution in [-0.4, -0.2) is 23.2 Å². The van der Waals surface area contributed by atoms with Gasteiger partial charge in [0.05, 0.1) is 23.2 Å². The van der Waals surface area contributed by atoms with Gasteiger partial charge >= 0.3 is 0 Å². The van der Waals surface area contributed by atoms with Crippen molar-refractivity contribution in [2.45, 2.75) is 19.8 Å². The molecule has 0 radical (unpaired) electrons. The summed E-state index contributed by atoms with van der Waals surface area (Å²) in [6.07, 6.45) is 0. The molecular formula is C25H22N4O2S. The zero-order valence-electron chi connectivity index (χ0n) is 17.8. The van der Waals surface area contributed by atoms with Crippen molar-refractivity contribution in [3.05, 3.63) is 83.1 Å². The highest BCUT2D eigenvalue weighted by atomic mass is 32.1. The number of anilines is 2. The average Bonchev–Trinajstić information content (AvgIpc) is 3.52. The molecule has 160 valence electrons. The Morgan fingerprint density at radius 3 is 1.59 bits per heavy atom. The molecule has 2 aliphatic rings. The zero-order valence-corrected chi connectivity index (χ0v) is 18.6. The molecule has 0 fully saturated rings. The highest BCUT2D eigenvalue weighted by Gasteiger charge is 2.50. The topological polar surface area (TPSA) is 65.3 Å². The van der Waals surface area contributed by atoms with Crippen molar-refractivity contribution < 1.29 is 9.59 Å². The van der Waals surface area contributed by atoms with Crippen LogP contribution in [0.5, 0.6) is 0 Å². The van der Waals surface area contributed by atoms with Gasteiger partial charge in [0, 0.05) is 22.2 Å². The van der Waals surface area contributed by atoms with Crippen LogP contribution in [0.2, 0.25) is 0 Å². The Kier molecular flexibility index (Phi) is 5.19. The fraction of sp³-hybridized carbons (Fsp3) is 0.200. The van der Waals surface area contributed by atoms with E-state index < -0.39 is 11.8 Å². The van der Waals surface area contributed by atoms with E-state index in [1.54, 1.807) is 11.3 Å². The summed E-state index contributed by atoms with van der Waals surface area (Å²) in [6.45, 7) is 3.74. The molecule has 2 amide bonds. The fourth-order valence-corrected chi connectivity index (χ4v) is 5.40. The van der Waals surface area contributed by atoms with Gasteiger partial charge in [0.15, 0.2) is 0 Å². The molecule has 3 aromatic rings. The number of carbonyl (C=O) groups is 2. The van der Waals surface area contributed by atoms with Crippen molar-refractivity contribution in [3.63, 3.8) is 0 Å². The lowest BCUT2D eigenvalue weighted by molar-refractivity contribution is -0.122. The second-order valence-corrected chi connectivity index (χ2v) is 8.93. The summed E-state index contributed by atoms with van der Waals surface area (Å²) < 4.78 is 0. The van der Waals surface area contributed by atoms with Crippen LogP contribution in [0.15, 0.2) is 88.4 Å². The SMILES string of the molecule is CC1=NN(c2ccccc2)C(=O)[C@H]1C(c1cccs1)[C@H]1C(=O)N(c2ccccc2)N=C1C. The lowest BCUT2D eigenvalue weighted by Gasteiger charge is -2.27. The summed E-state index contributed by atoms with van der Waals surface area (Å²) in [4.78, 5) is 28.2. The third-order valence-electron chi connectivity index (χ3n) is 5.96. The number of para-hydroxylation sites is 2. The number of amides is 2. The molecule has 0 saturated heterocycles. The van der Waals surface area contributed by atoms with Gasteiger partial charge in [-0.2, -0.15) is 10.2 Å². The molecule has 0 spiro atoms. The summed E-state index contributed by atoms with van der Waals surface area (Å²) in [6, 6.07) is 22.7. The summed E-state index contributed by atoms with van der Waals surface area (Å²) >= 11 is 1.56. The van der Waals surface area contributed by atoms with Crippen molar-refractivity contribution >= 4 is 45.9 Å².